The Morgan fingerprint density at radius 3 is 2.72 bits per heavy atom. The van der Waals surface area contributed by atoms with Gasteiger partial charge in [0.05, 0.1) is 5.56 Å². The molecule has 1 heterocycles. The van der Waals surface area contributed by atoms with Gasteiger partial charge in [0.25, 0.3) is 0 Å². The highest BCUT2D eigenvalue weighted by Gasteiger charge is 2.19. The maximum absolute atomic E-state index is 2.32. The second-order valence-corrected chi connectivity index (χ2v) is 5.66. The lowest BCUT2D eigenvalue weighted by Crippen LogP contribution is -2.13. The minimum absolute atomic E-state index is 0.987. The molecule has 0 N–H and O–H groups in total. The highest BCUT2D eigenvalue weighted by atomic mass is 32.2. The third-order valence-corrected chi connectivity index (χ3v) is 4.47. The van der Waals surface area contributed by atoms with Gasteiger partial charge in [0, 0.05) is 17.0 Å². The van der Waals surface area contributed by atoms with Crippen molar-refractivity contribution in [2.75, 3.05) is 5.88 Å². The molecule has 2 heteroatoms. The van der Waals surface area contributed by atoms with Gasteiger partial charge in [0.2, 0.25) is 5.69 Å². The van der Waals surface area contributed by atoms with E-state index in [1.807, 2.05) is 11.8 Å². The van der Waals surface area contributed by atoms with Gasteiger partial charge < -0.3 is 0 Å². The van der Waals surface area contributed by atoms with Crippen LogP contribution in [0.2, 0.25) is 0 Å². The van der Waals surface area contributed by atoms with Crippen LogP contribution >= 0.6 is 11.8 Å². The molecule has 18 heavy (non-hydrogen) atoms. The number of hydrogen-bond donors (Lipinski definition) is 0. The summed E-state index contributed by atoms with van der Waals surface area (Å²) in [6.45, 7) is 4.32. The van der Waals surface area contributed by atoms with E-state index >= 15 is 0 Å². The molecule has 0 spiro atoms. The fourth-order valence-corrected chi connectivity index (χ4v) is 3.34. The van der Waals surface area contributed by atoms with Crippen LogP contribution in [0.3, 0.4) is 0 Å². The topological polar surface area (TPSA) is 3.01 Å². The van der Waals surface area contributed by atoms with Gasteiger partial charge in [-0.05, 0) is 31.0 Å². The number of hydrogen-bond acceptors (Lipinski definition) is 1. The molecule has 0 amide bonds. The van der Waals surface area contributed by atoms with Crippen LogP contribution in [0.5, 0.6) is 0 Å². The average Bonchev–Trinajstić information content (AvgIpc) is 2.39. The monoisotopic (exact) mass is 254 g/mol. The molecule has 0 aromatic heterocycles. The van der Waals surface area contributed by atoms with Crippen molar-refractivity contribution in [3.63, 3.8) is 0 Å². The van der Waals surface area contributed by atoms with E-state index < -0.39 is 0 Å². The van der Waals surface area contributed by atoms with Crippen molar-refractivity contribution in [1.29, 1.82) is 0 Å². The SMILES string of the molecule is Cc1cccc([N+]2=Cc3cccc(C)c3SC2)c1. The minimum Gasteiger partial charge on any atom is -0.188 e. The van der Waals surface area contributed by atoms with Crippen LogP contribution in [0.4, 0.5) is 5.69 Å². The molecule has 2 aromatic rings. The highest BCUT2D eigenvalue weighted by Crippen LogP contribution is 2.31. The van der Waals surface area contributed by atoms with E-state index in [0.717, 1.165) is 5.88 Å². The first-order valence-electron chi connectivity index (χ1n) is 6.14. The number of aryl methyl sites for hydroxylation is 2. The van der Waals surface area contributed by atoms with Crippen LogP contribution in [0.25, 0.3) is 0 Å². The molecule has 3 rings (SSSR count). The number of rotatable bonds is 1. The van der Waals surface area contributed by atoms with Crippen molar-refractivity contribution in [1.82, 2.24) is 0 Å². The molecule has 1 nitrogen and oxygen atoms in total. The second kappa shape index (κ2) is 4.62. The molecule has 2 aromatic carbocycles. The zero-order valence-corrected chi connectivity index (χ0v) is 11.5. The summed E-state index contributed by atoms with van der Waals surface area (Å²) in [6, 6.07) is 15.2. The predicted molar refractivity (Wildman–Crippen MR) is 78.2 cm³/mol. The second-order valence-electron chi connectivity index (χ2n) is 4.70. The molecule has 0 radical (unpaired) electrons. The van der Waals surface area contributed by atoms with E-state index in [-0.39, 0.29) is 0 Å². The van der Waals surface area contributed by atoms with E-state index in [1.54, 1.807) is 0 Å². The minimum atomic E-state index is 0.987. The Hall–Kier alpha value is -1.54. The number of nitrogens with zero attached hydrogens (tertiary/aromatic N) is 1. The largest absolute Gasteiger partial charge is 0.206 e. The van der Waals surface area contributed by atoms with Crippen molar-refractivity contribution in [2.24, 2.45) is 0 Å². The van der Waals surface area contributed by atoms with E-state index in [0.29, 0.717) is 0 Å². The number of thioether (sulfide) groups is 1. The van der Waals surface area contributed by atoms with Crippen molar-refractivity contribution in [3.8, 4) is 0 Å². The summed E-state index contributed by atoms with van der Waals surface area (Å²) in [5.41, 5.74) is 5.28. The molecule has 90 valence electrons. The lowest BCUT2D eigenvalue weighted by Gasteiger charge is -2.13. The van der Waals surface area contributed by atoms with Crippen molar-refractivity contribution < 1.29 is 4.58 Å². The Labute approximate surface area is 112 Å². The molecule has 0 saturated carbocycles. The summed E-state index contributed by atoms with van der Waals surface area (Å²) in [5.74, 6) is 0.987. The summed E-state index contributed by atoms with van der Waals surface area (Å²) in [6.07, 6.45) is 2.26. The Morgan fingerprint density at radius 1 is 1.06 bits per heavy atom. The first kappa shape index (κ1) is 11.5. The van der Waals surface area contributed by atoms with Crippen molar-refractivity contribution in [2.45, 2.75) is 18.7 Å². The van der Waals surface area contributed by atoms with Gasteiger partial charge in [0.1, 0.15) is 0 Å². The van der Waals surface area contributed by atoms with E-state index in [2.05, 4.69) is 67.1 Å². The fraction of sp³-hybridized carbons (Fsp3) is 0.188. The Kier molecular flexibility index (Phi) is 2.96. The third-order valence-electron chi connectivity index (χ3n) is 3.22. The van der Waals surface area contributed by atoms with Gasteiger partial charge in [-0.1, -0.05) is 36.0 Å². The molecule has 1 aliphatic rings. The lowest BCUT2D eigenvalue weighted by atomic mass is 10.1. The quantitative estimate of drug-likeness (QED) is 0.691. The van der Waals surface area contributed by atoms with E-state index in [1.165, 1.54) is 27.3 Å². The number of fused-ring (bicyclic) bond motifs is 1. The Balaban J connectivity index is 2.06. The van der Waals surface area contributed by atoms with E-state index in [4.69, 9.17) is 0 Å². The van der Waals surface area contributed by atoms with Crippen LogP contribution in [0.1, 0.15) is 16.7 Å². The zero-order chi connectivity index (χ0) is 12.5. The highest BCUT2D eigenvalue weighted by molar-refractivity contribution is 7.99. The van der Waals surface area contributed by atoms with Gasteiger partial charge in [0.15, 0.2) is 12.1 Å². The predicted octanol–water partition coefficient (Wildman–Crippen LogP) is 4.13. The molecule has 0 atom stereocenters. The fourth-order valence-electron chi connectivity index (χ4n) is 2.27. The normalized spacial score (nSPS) is 14.0. The van der Waals surface area contributed by atoms with E-state index in [9.17, 15) is 0 Å². The lowest BCUT2D eigenvalue weighted by molar-refractivity contribution is -0.411. The smallest absolute Gasteiger partial charge is 0.188 e. The number of benzene rings is 2. The molecule has 0 bridgehead atoms. The molecule has 0 aliphatic carbocycles. The molecule has 0 fully saturated rings. The standard InChI is InChI=1S/C16H16NS/c1-12-5-3-8-15(9-12)17-10-14-7-4-6-13(2)16(14)18-11-17/h3-10H,11H2,1-2H3/q+1. The molecule has 0 saturated heterocycles. The van der Waals surface area contributed by atoms with Crippen molar-refractivity contribution >= 4 is 23.7 Å². The van der Waals surface area contributed by atoms with Crippen LogP contribution in [0, 0.1) is 13.8 Å². The van der Waals surface area contributed by atoms with Gasteiger partial charge in [-0.2, -0.15) is 4.58 Å². The third kappa shape index (κ3) is 2.08. The average molecular weight is 254 g/mol. The first-order chi connectivity index (χ1) is 8.74. The summed E-state index contributed by atoms with van der Waals surface area (Å²) in [4.78, 5) is 1.42. The molecule has 1 aliphatic heterocycles. The first-order valence-corrected chi connectivity index (χ1v) is 7.13. The molecular weight excluding hydrogens is 238 g/mol. The van der Waals surface area contributed by atoms with Gasteiger partial charge in [-0.15, -0.1) is 0 Å². The van der Waals surface area contributed by atoms with Crippen LogP contribution in [0.15, 0.2) is 47.4 Å². The summed E-state index contributed by atoms with van der Waals surface area (Å²) in [7, 11) is 0. The maximum Gasteiger partial charge on any atom is 0.206 e. The summed E-state index contributed by atoms with van der Waals surface area (Å²) >= 11 is 1.92. The Morgan fingerprint density at radius 2 is 1.89 bits per heavy atom. The summed E-state index contributed by atoms with van der Waals surface area (Å²) in [5, 5.41) is 0. The van der Waals surface area contributed by atoms with Crippen LogP contribution in [-0.4, -0.2) is 16.7 Å². The Bertz CT molecular complexity index is 629. The van der Waals surface area contributed by atoms with Crippen LogP contribution < -0.4 is 0 Å². The van der Waals surface area contributed by atoms with Crippen LogP contribution in [-0.2, 0) is 0 Å². The van der Waals surface area contributed by atoms with Gasteiger partial charge in [-0.25, -0.2) is 0 Å². The van der Waals surface area contributed by atoms with Crippen molar-refractivity contribution in [3.05, 3.63) is 59.2 Å². The summed E-state index contributed by atoms with van der Waals surface area (Å²) < 4.78 is 2.32. The maximum atomic E-state index is 2.32. The van der Waals surface area contributed by atoms with Gasteiger partial charge in [-0.3, -0.25) is 0 Å². The zero-order valence-electron chi connectivity index (χ0n) is 10.7. The molecular formula is C16H16NS+. The molecule has 0 unspecified atom stereocenters. The van der Waals surface area contributed by atoms with Gasteiger partial charge >= 0.3 is 0 Å².